The van der Waals surface area contributed by atoms with E-state index in [0.717, 1.165) is 33.3 Å². The van der Waals surface area contributed by atoms with Crippen molar-refractivity contribution in [3.8, 4) is 22.5 Å². The summed E-state index contributed by atoms with van der Waals surface area (Å²) in [5, 5.41) is 12.7. The average molecular weight is 833 g/mol. The molecule has 0 saturated carbocycles. The zero-order valence-electron chi connectivity index (χ0n) is 34.9. The third kappa shape index (κ3) is 5.46. The molecular weight excluding hydrogens is 793 g/mol. The normalized spacial score (nSPS) is 12.1. The Labute approximate surface area is 371 Å². The van der Waals surface area contributed by atoms with E-state index in [1.54, 1.807) is 0 Å². The van der Waals surface area contributed by atoms with Gasteiger partial charge in [-0.05, 0) is 105 Å². The van der Waals surface area contributed by atoms with Crippen LogP contribution in [0.3, 0.4) is 0 Å². The molecule has 300 valence electrons. The fraction of sp³-hybridized carbons (Fsp3) is 0. The summed E-state index contributed by atoms with van der Waals surface area (Å²) in [6.45, 7) is 0. The first kappa shape index (κ1) is 36.5. The van der Waals surface area contributed by atoms with Gasteiger partial charge in [0.05, 0.1) is 22.1 Å². The molecule has 0 aliphatic rings. The van der Waals surface area contributed by atoms with Crippen molar-refractivity contribution in [3.05, 3.63) is 243 Å². The van der Waals surface area contributed by atoms with E-state index < -0.39 is 8.07 Å². The predicted octanol–water partition coefficient (Wildman–Crippen LogP) is 12.8. The van der Waals surface area contributed by atoms with Crippen molar-refractivity contribution in [3.63, 3.8) is 0 Å². The second-order valence-corrected chi connectivity index (χ2v) is 20.7. The molecule has 0 radical (unpaired) electrons. The van der Waals surface area contributed by atoms with Gasteiger partial charge in [0.1, 0.15) is 11.2 Å². The summed E-state index contributed by atoms with van der Waals surface area (Å²) in [6, 6.07) is 89.3. The van der Waals surface area contributed by atoms with Gasteiger partial charge in [-0.3, -0.25) is 0 Å². The molecule has 0 atom stereocenters. The van der Waals surface area contributed by atoms with Gasteiger partial charge >= 0.3 is 0 Å². The van der Waals surface area contributed by atoms with Crippen LogP contribution in [0.2, 0.25) is 0 Å². The first-order chi connectivity index (χ1) is 31.7. The summed E-state index contributed by atoms with van der Waals surface area (Å²) in [6.07, 6.45) is 0. The lowest BCUT2D eigenvalue weighted by atomic mass is 10.0. The highest BCUT2D eigenvalue weighted by Crippen LogP contribution is 2.39. The first-order valence-corrected chi connectivity index (χ1v) is 24.0. The van der Waals surface area contributed by atoms with E-state index >= 15 is 0 Å². The summed E-state index contributed by atoms with van der Waals surface area (Å²) in [7, 11) is -2.66. The molecule has 0 saturated heterocycles. The van der Waals surface area contributed by atoms with Crippen LogP contribution in [0, 0.1) is 0 Å². The maximum absolute atomic E-state index is 6.17. The van der Waals surface area contributed by atoms with Crippen molar-refractivity contribution in [2.75, 3.05) is 0 Å². The van der Waals surface area contributed by atoms with Gasteiger partial charge in [0.25, 0.3) is 0 Å². The topological polar surface area (TPSA) is 23.0 Å². The molecule has 13 aromatic rings. The number of para-hydroxylation sites is 3. The molecule has 0 fully saturated rings. The first-order valence-electron chi connectivity index (χ1n) is 22.0. The molecule has 0 spiro atoms. The SMILES string of the molecule is c1ccc([Si](c2ccccc2)(c2ccccc2)c2ccc(-n3c4ccccc4c4cc(-n5c6ccccc6c6cc(-c7ccc8oc9ccccc9c8c7)ccc65)ccc43)cc2)cc1. The van der Waals surface area contributed by atoms with Crippen molar-refractivity contribution in [1.29, 1.82) is 0 Å². The second kappa shape index (κ2) is 14.5. The molecule has 3 nitrogen and oxygen atoms in total. The quantitative estimate of drug-likeness (QED) is 0.116. The van der Waals surface area contributed by atoms with Crippen molar-refractivity contribution < 1.29 is 4.42 Å². The smallest absolute Gasteiger partial charge is 0.179 e. The van der Waals surface area contributed by atoms with E-state index in [9.17, 15) is 0 Å². The Kier molecular flexibility index (Phi) is 8.23. The maximum Gasteiger partial charge on any atom is 0.179 e. The molecule has 4 heteroatoms. The number of fused-ring (bicyclic) bond motifs is 9. The fourth-order valence-corrected chi connectivity index (χ4v) is 15.4. The highest BCUT2D eigenvalue weighted by atomic mass is 28.3. The molecule has 3 heterocycles. The van der Waals surface area contributed by atoms with Crippen LogP contribution >= 0.6 is 0 Å². The molecule has 3 aromatic heterocycles. The lowest BCUT2D eigenvalue weighted by molar-refractivity contribution is 0.669. The van der Waals surface area contributed by atoms with Gasteiger partial charge in [-0.1, -0.05) is 170 Å². The molecule has 10 aromatic carbocycles. The maximum atomic E-state index is 6.17. The van der Waals surface area contributed by atoms with E-state index in [2.05, 4.69) is 240 Å². The van der Waals surface area contributed by atoms with Gasteiger partial charge in [0, 0.05) is 43.7 Å². The Balaban J connectivity index is 0.953. The summed E-state index contributed by atoms with van der Waals surface area (Å²) in [5.74, 6) is 0. The summed E-state index contributed by atoms with van der Waals surface area (Å²) in [5.41, 5.74) is 11.2. The van der Waals surface area contributed by atoms with Crippen LogP contribution in [0.15, 0.2) is 247 Å². The molecule has 0 N–H and O–H groups in total. The zero-order chi connectivity index (χ0) is 42.2. The van der Waals surface area contributed by atoms with Crippen LogP contribution in [0.25, 0.3) is 88.1 Å². The Morgan fingerprint density at radius 1 is 0.266 bits per heavy atom. The van der Waals surface area contributed by atoms with Gasteiger partial charge in [0.2, 0.25) is 0 Å². The van der Waals surface area contributed by atoms with Crippen molar-refractivity contribution >= 4 is 94.4 Å². The van der Waals surface area contributed by atoms with Gasteiger partial charge in [-0.2, -0.15) is 0 Å². The minimum absolute atomic E-state index is 0.911. The molecule has 0 amide bonds. The van der Waals surface area contributed by atoms with Crippen molar-refractivity contribution in [2.45, 2.75) is 0 Å². The summed E-state index contributed by atoms with van der Waals surface area (Å²) < 4.78 is 11.0. The number of rotatable bonds is 7. The van der Waals surface area contributed by atoms with Crippen LogP contribution in [0.5, 0.6) is 0 Å². The van der Waals surface area contributed by atoms with Gasteiger partial charge in [0.15, 0.2) is 8.07 Å². The number of furan rings is 1. The summed E-state index contributed by atoms with van der Waals surface area (Å²) >= 11 is 0. The number of hydrogen-bond acceptors (Lipinski definition) is 1. The van der Waals surface area contributed by atoms with Crippen molar-refractivity contribution in [1.82, 2.24) is 9.13 Å². The number of hydrogen-bond donors (Lipinski definition) is 0. The Bertz CT molecular complexity index is 3790. The number of aromatic nitrogens is 2. The van der Waals surface area contributed by atoms with Crippen LogP contribution < -0.4 is 20.7 Å². The highest BCUT2D eigenvalue weighted by molar-refractivity contribution is 7.19. The van der Waals surface area contributed by atoms with E-state index in [4.69, 9.17) is 4.42 Å². The van der Waals surface area contributed by atoms with Crippen LogP contribution in [-0.4, -0.2) is 17.2 Å². The lowest BCUT2D eigenvalue weighted by Crippen LogP contribution is -2.74. The Morgan fingerprint density at radius 3 is 1.28 bits per heavy atom. The molecule has 0 bridgehead atoms. The van der Waals surface area contributed by atoms with E-state index in [1.165, 1.54) is 75.5 Å². The molecule has 64 heavy (non-hydrogen) atoms. The molecule has 13 rings (SSSR count). The van der Waals surface area contributed by atoms with Crippen LogP contribution in [0.4, 0.5) is 0 Å². The van der Waals surface area contributed by atoms with E-state index in [-0.39, 0.29) is 0 Å². The minimum atomic E-state index is -2.66. The predicted molar refractivity (Wildman–Crippen MR) is 271 cm³/mol. The number of nitrogens with zero attached hydrogens (tertiary/aromatic N) is 2. The van der Waals surface area contributed by atoms with Gasteiger partial charge in [-0.15, -0.1) is 0 Å². The third-order valence-corrected chi connectivity index (χ3v) is 18.3. The summed E-state index contributed by atoms with van der Waals surface area (Å²) in [4.78, 5) is 0. The van der Waals surface area contributed by atoms with E-state index in [0.29, 0.717) is 0 Å². The highest BCUT2D eigenvalue weighted by Gasteiger charge is 2.41. The van der Waals surface area contributed by atoms with Gasteiger partial charge in [-0.25, -0.2) is 0 Å². The third-order valence-electron chi connectivity index (χ3n) is 13.5. The largest absolute Gasteiger partial charge is 0.456 e. The monoisotopic (exact) mass is 832 g/mol. The number of benzene rings is 10. The van der Waals surface area contributed by atoms with Crippen LogP contribution in [-0.2, 0) is 0 Å². The molecule has 0 aliphatic carbocycles. The minimum Gasteiger partial charge on any atom is -0.456 e. The Hall–Kier alpha value is -8.18. The zero-order valence-corrected chi connectivity index (χ0v) is 35.9. The lowest BCUT2D eigenvalue weighted by Gasteiger charge is -2.34. The van der Waals surface area contributed by atoms with Crippen LogP contribution in [0.1, 0.15) is 0 Å². The molecule has 0 aliphatic heterocycles. The van der Waals surface area contributed by atoms with Gasteiger partial charge < -0.3 is 13.6 Å². The molecular formula is C60H40N2OSi. The average Bonchev–Trinajstić information content (AvgIpc) is 4.02. The Morgan fingerprint density at radius 2 is 0.672 bits per heavy atom. The van der Waals surface area contributed by atoms with Crippen molar-refractivity contribution in [2.24, 2.45) is 0 Å². The van der Waals surface area contributed by atoms with E-state index in [1.807, 2.05) is 12.1 Å². The fourth-order valence-electron chi connectivity index (χ4n) is 10.6. The second-order valence-electron chi connectivity index (χ2n) is 16.8. The standard InChI is InChI=1S/C60H40N2OSi/c1-4-16-45(17-5-1)64(46-18-6-2-7-19-46,47-20-8-3-9-21-47)48-33-30-43(31-34-48)61-55-25-13-11-23-50(55)53-40-44(32-36-58(53)61)62-56-26-14-10-22-49(56)52-38-41(28-35-57(52)62)42-29-37-60-54(39-42)51-24-12-15-27-59(51)63-60/h1-40H. The molecule has 0 unspecified atom stereocenters.